The number of fused-ring (bicyclic) bond motifs is 3. The Bertz CT molecular complexity index is 1830. The van der Waals surface area contributed by atoms with Crippen molar-refractivity contribution in [3.05, 3.63) is 70.3 Å². The zero-order valence-corrected chi connectivity index (χ0v) is 33.6. The molecule has 0 spiro atoms. The molecule has 1 saturated heterocycles. The van der Waals surface area contributed by atoms with Crippen LogP contribution in [0.25, 0.3) is 0 Å². The molecule has 0 unspecified atom stereocenters. The highest BCUT2D eigenvalue weighted by Gasteiger charge is 2.49. The van der Waals surface area contributed by atoms with Crippen molar-refractivity contribution in [2.24, 2.45) is 17.8 Å². The Morgan fingerprint density at radius 1 is 1.06 bits per heavy atom. The van der Waals surface area contributed by atoms with Gasteiger partial charge in [0.15, 0.2) is 0 Å². The number of hydrogen-bond donors (Lipinski definition) is 3. The van der Waals surface area contributed by atoms with Crippen molar-refractivity contribution in [3.63, 3.8) is 0 Å². The van der Waals surface area contributed by atoms with Crippen LogP contribution in [-0.2, 0) is 38.5 Å². The second-order valence-corrected chi connectivity index (χ2v) is 18.8. The second-order valence-electron chi connectivity index (χ2n) is 15.3. The Balaban J connectivity index is 1.40. The van der Waals surface area contributed by atoms with Crippen LogP contribution in [0.2, 0.25) is 5.02 Å². The fourth-order valence-corrected chi connectivity index (χ4v) is 10.6. The molecule has 1 saturated carbocycles. The topological polar surface area (TPSA) is 134 Å². The quantitative estimate of drug-likeness (QED) is 0.277. The average Bonchev–Trinajstić information content (AvgIpc) is 3.12. The lowest BCUT2D eigenvalue weighted by atomic mass is 9.63. The molecular weight excluding hydrogens is 736 g/mol. The van der Waals surface area contributed by atoms with Crippen LogP contribution < -0.4 is 19.7 Å². The van der Waals surface area contributed by atoms with E-state index >= 15 is 0 Å². The number of thiol groups is 1. The number of carbonyl (C=O) groups is 1. The molecule has 0 radical (unpaired) electrons. The van der Waals surface area contributed by atoms with Gasteiger partial charge in [-0.3, -0.25) is 9.69 Å². The van der Waals surface area contributed by atoms with Crippen LogP contribution in [0.15, 0.2) is 48.6 Å². The van der Waals surface area contributed by atoms with Gasteiger partial charge in [0.25, 0.3) is 5.91 Å². The Hall–Kier alpha value is -2.68. The number of anilines is 1. The van der Waals surface area contributed by atoms with Gasteiger partial charge in [-0.1, -0.05) is 36.7 Å². The van der Waals surface area contributed by atoms with Gasteiger partial charge in [0.2, 0.25) is 10.0 Å². The first-order chi connectivity index (χ1) is 25.4. The maximum absolute atomic E-state index is 13.6. The third-order valence-corrected chi connectivity index (χ3v) is 14.7. The summed E-state index contributed by atoms with van der Waals surface area (Å²) in [5, 5.41) is 3.22. The first-order valence-corrected chi connectivity index (χ1v) is 22.4. The molecule has 2 N–H and O–H groups in total. The summed E-state index contributed by atoms with van der Waals surface area (Å²) in [7, 11) is -6.52. The number of carbonyl (C=O) groups excluding carboxylic acids is 1. The average molecular weight is 791 g/mol. The number of ether oxygens (including phenoxy) is 2. The molecule has 0 aromatic heterocycles. The minimum Gasteiger partial charge on any atom is -0.487 e. The molecule has 14 heteroatoms. The van der Waals surface area contributed by atoms with Crippen LogP contribution in [0.5, 0.6) is 5.75 Å². The number of halogens is 1. The van der Waals surface area contributed by atoms with E-state index in [-0.39, 0.29) is 35.1 Å². The zero-order chi connectivity index (χ0) is 37.8. The summed E-state index contributed by atoms with van der Waals surface area (Å²) < 4.78 is 66.2. The van der Waals surface area contributed by atoms with Gasteiger partial charge >= 0.3 is 0 Å². The van der Waals surface area contributed by atoms with Crippen molar-refractivity contribution in [1.29, 1.82) is 0 Å². The zero-order valence-electron chi connectivity index (χ0n) is 31.1. The molecule has 4 aliphatic rings. The first kappa shape index (κ1) is 40.0. The van der Waals surface area contributed by atoms with E-state index in [4.69, 9.17) is 21.1 Å². The van der Waals surface area contributed by atoms with Gasteiger partial charge in [0.05, 0.1) is 16.7 Å². The number of amides is 1. The Morgan fingerprint density at radius 3 is 2.64 bits per heavy atom. The number of nitrogens with one attached hydrogen (secondary N) is 2. The van der Waals surface area contributed by atoms with Crippen LogP contribution in [0.3, 0.4) is 0 Å². The molecule has 11 nitrogen and oxygen atoms in total. The standard InChI is InChI=1S/C39H55ClN4O7S2/c1-4-51-39(26-43-19-17-41-34(23-43)25-52(46)47)16-7-8-27(2)28(3)53(48,49)42-38(45)30-12-15-37-36(21-30)44(22-31-11-14-35(31)39)18-6-5-9-29-20-33(40)13-10-32(29)24-50-37/h7,10,12-13,15-16,20-21,27-28,31,34-35,41,52H,4-6,8-9,11,14,17-19,22-26H2,1-3H3,(H,42,45)/b16-7+/t27-,28+,31-,34-,35+,39-/m0/s1. The summed E-state index contributed by atoms with van der Waals surface area (Å²) in [6.07, 6.45) is 9.39. The van der Waals surface area contributed by atoms with Gasteiger partial charge in [-0.2, -0.15) is 0 Å². The highest BCUT2D eigenvalue weighted by Crippen LogP contribution is 2.47. The number of sulfonamides is 1. The van der Waals surface area contributed by atoms with Crippen LogP contribution in [0.1, 0.15) is 74.4 Å². The molecule has 3 heterocycles. The van der Waals surface area contributed by atoms with Gasteiger partial charge in [-0.15, -0.1) is 0 Å². The summed E-state index contributed by atoms with van der Waals surface area (Å²) in [6, 6.07) is 11.0. The normalized spacial score (nSPS) is 30.5. The predicted molar refractivity (Wildman–Crippen MR) is 210 cm³/mol. The number of allylic oxidation sites excluding steroid dienone is 1. The number of nitrogens with zero attached hydrogens (tertiary/aromatic N) is 2. The number of piperazine rings is 1. The lowest BCUT2D eigenvalue weighted by Crippen LogP contribution is -2.60. The van der Waals surface area contributed by atoms with Gasteiger partial charge in [0.1, 0.15) is 28.7 Å². The number of rotatable bonds is 6. The van der Waals surface area contributed by atoms with Gasteiger partial charge < -0.3 is 19.7 Å². The minimum absolute atomic E-state index is 0.0896. The van der Waals surface area contributed by atoms with Crippen LogP contribution in [0.4, 0.5) is 5.69 Å². The molecule has 2 aromatic carbocycles. The monoisotopic (exact) mass is 790 g/mol. The van der Waals surface area contributed by atoms with E-state index in [2.05, 4.69) is 32.0 Å². The highest BCUT2D eigenvalue weighted by molar-refractivity contribution is 7.90. The summed E-state index contributed by atoms with van der Waals surface area (Å²) in [6.45, 7) is 10.5. The SMILES string of the molecule is CCO[C@]1(CN2CCN[C@H](C[SH](=O)=O)C2)/C=C/C[C@H](C)[C@@H](C)S(=O)(=O)NC(=O)c2ccc3c(c2)N(CCCCc2cc(Cl)ccc2CO3)C[C@@H]2CC[C@H]21. The Labute approximate surface area is 321 Å². The van der Waals surface area contributed by atoms with Crippen LogP contribution in [0, 0.1) is 17.8 Å². The number of aryl methyl sites for hydroxylation is 1. The molecule has 1 aliphatic carbocycles. The second kappa shape index (κ2) is 17.4. The third-order valence-electron chi connectivity index (χ3n) is 11.8. The third kappa shape index (κ3) is 9.59. The Kier molecular flexibility index (Phi) is 13.1. The van der Waals surface area contributed by atoms with Crippen LogP contribution in [-0.4, -0.2) is 96.2 Å². The van der Waals surface area contributed by atoms with Crippen LogP contribution >= 0.6 is 11.6 Å². The van der Waals surface area contributed by atoms with E-state index in [0.29, 0.717) is 56.6 Å². The fourth-order valence-electron chi connectivity index (χ4n) is 8.51. The van der Waals surface area contributed by atoms with E-state index in [0.717, 1.165) is 62.0 Å². The predicted octanol–water partition coefficient (Wildman–Crippen LogP) is 4.79. The maximum Gasteiger partial charge on any atom is 0.264 e. The molecule has 6 rings (SSSR count). The van der Waals surface area contributed by atoms with E-state index in [1.165, 1.54) is 0 Å². The first-order valence-electron chi connectivity index (χ1n) is 19.1. The molecule has 292 valence electrons. The molecule has 53 heavy (non-hydrogen) atoms. The maximum atomic E-state index is 13.6. The summed E-state index contributed by atoms with van der Waals surface area (Å²) >= 11 is 6.39. The van der Waals surface area contributed by atoms with Crippen molar-refractivity contribution >= 4 is 43.9 Å². The molecule has 6 atom stereocenters. The number of hydrogen-bond acceptors (Lipinski definition) is 10. The van der Waals surface area contributed by atoms with E-state index in [1.807, 2.05) is 32.0 Å². The molecule has 2 bridgehead atoms. The van der Waals surface area contributed by atoms with Crippen molar-refractivity contribution in [1.82, 2.24) is 14.9 Å². The molecule has 1 amide bonds. The van der Waals surface area contributed by atoms with Gasteiger partial charge in [-0.25, -0.2) is 21.6 Å². The van der Waals surface area contributed by atoms with E-state index in [1.54, 1.807) is 25.1 Å². The van der Waals surface area contributed by atoms with Gasteiger partial charge in [0, 0.05) is 62.5 Å². The van der Waals surface area contributed by atoms with Crippen molar-refractivity contribution in [3.8, 4) is 5.75 Å². The van der Waals surface area contributed by atoms with Crippen molar-refractivity contribution < 1.29 is 31.1 Å². The molecule has 2 aromatic rings. The van der Waals surface area contributed by atoms with Gasteiger partial charge in [-0.05, 0) is 112 Å². The summed E-state index contributed by atoms with van der Waals surface area (Å²) in [5.74, 6) is 0.200. The largest absolute Gasteiger partial charge is 0.487 e. The molecule has 3 aliphatic heterocycles. The van der Waals surface area contributed by atoms with E-state index in [9.17, 15) is 21.6 Å². The lowest BCUT2D eigenvalue weighted by molar-refractivity contribution is -0.111. The smallest absolute Gasteiger partial charge is 0.264 e. The minimum atomic E-state index is -4.01. The number of benzene rings is 2. The highest BCUT2D eigenvalue weighted by atomic mass is 35.5. The summed E-state index contributed by atoms with van der Waals surface area (Å²) in [4.78, 5) is 18.3. The summed E-state index contributed by atoms with van der Waals surface area (Å²) in [5.41, 5.74) is 2.58. The fraction of sp³-hybridized carbons (Fsp3) is 0.615. The van der Waals surface area contributed by atoms with E-state index < -0.39 is 37.5 Å². The van der Waals surface area contributed by atoms with Crippen molar-refractivity contribution in [2.75, 3.05) is 56.5 Å². The van der Waals surface area contributed by atoms with Crippen molar-refractivity contribution in [2.45, 2.75) is 82.8 Å². The lowest BCUT2D eigenvalue weighted by Gasteiger charge is -2.52. The Morgan fingerprint density at radius 2 is 1.89 bits per heavy atom. The molecular formula is C39H55ClN4O7S2. The molecule has 2 fully saturated rings.